The number of benzene rings is 1. The number of nitro benzene ring substituents is 1. The zero-order valence-electron chi connectivity index (χ0n) is 10.3. The van der Waals surface area contributed by atoms with Gasteiger partial charge in [-0.25, -0.2) is 4.79 Å². The summed E-state index contributed by atoms with van der Waals surface area (Å²) in [5, 5.41) is 21.7. The van der Waals surface area contributed by atoms with E-state index in [0.717, 1.165) is 6.07 Å². The SMILES string of the molecule is COC(CNC(=O)c1cc([N+](=O)[O-])ccc1Br)C(=O)O. The molecular weight excluding hydrogens is 336 g/mol. The lowest BCUT2D eigenvalue weighted by atomic mass is 10.2. The fourth-order valence-corrected chi connectivity index (χ4v) is 1.78. The molecule has 1 aromatic carbocycles. The summed E-state index contributed by atoms with van der Waals surface area (Å²) >= 11 is 3.10. The molecule has 0 aliphatic heterocycles. The fourth-order valence-electron chi connectivity index (χ4n) is 1.35. The molecule has 9 heteroatoms. The number of rotatable bonds is 6. The third kappa shape index (κ3) is 4.00. The van der Waals surface area contributed by atoms with Gasteiger partial charge in [0.2, 0.25) is 0 Å². The molecule has 0 spiro atoms. The number of amides is 1. The molecule has 20 heavy (non-hydrogen) atoms. The van der Waals surface area contributed by atoms with Gasteiger partial charge in [0.25, 0.3) is 11.6 Å². The first-order valence-electron chi connectivity index (χ1n) is 5.34. The Kier molecular flexibility index (Phi) is 5.59. The van der Waals surface area contributed by atoms with E-state index in [9.17, 15) is 19.7 Å². The van der Waals surface area contributed by atoms with Crippen LogP contribution in [0.15, 0.2) is 22.7 Å². The lowest BCUT2D eigenvalue weighted by Gasteiger charge is -2.12. The summed E-state index contributed by atoms with van der Waals surface area (Å²) in [6.45, 7) is -0.250. The fraction of sp³-hybridized carbons (Fsp3) is 0.273. The molecule has 0 heterocycles. The third-order valence-electron chi connectivity index (χ3n) is 2.41. The van der Waals surface area contributed by atoms with Crippen molar-refractivity contribution in [2.24, 2.45) is 0 Å². The molecule has 2 N–H and O–H groups in total. The van der Waals surface area contributed by atoms with Gasteiger partial charge in [-0.3, -0.25) is 14.9 Å². The normalized spacial score (nSPS) is 11.7. The van der Waals surface area contributed by atoms with Crippen molar-refractivity contribution >= 4 is 33.5 Å². The molecule has 0 aromatic heterocycles. The van der Waals surface area contributed by atoms with Crippen molar-refractivity contribution in [3.05, 3.63) is 38.3 Å². The Labute approximate surface area is 122 Å². The van der Waals surface area contributed by atoms with Gasteiger partial charge in [-0.1, -0.05) is 0 Å². The third-order valence-corrected chi connectivity index (χ3v) is 3.10. The Morgan fingerprint density at radius 2 is 2.20 bits per heavy atom. The minimum absolute atomic E-state index is 0.0411. The maximum Gasteiger partial charge on any atom is 0.334 e. The van der Waals surface area contributed by atoms with E-state index in [1.165, 1.54) is 19.2 Å². The van der Waals surface area contributed by atoms with E-state index in [1.54, 1.807) is 0 Å². The summed E-state index contributed by atoms with van der Waals surface area (Å²) in [4.78, 5) is 32.6. The molecule has 0 aliphatic rings. The van der Waals surface area contributed by atoms with E-state index < -0.39 is 22.9 Å². The number of nitro groups is 1. The molecule has 1 atom stereocenters. The maximum atomic E-state index is 11.9. The molecular formula is C11H11BrN2O6. The number of nitrogens with zero attached hydrogens (tertiary/aromatic N) is 1. The molecule has 0 saturated carbocycles. The Hall–Kier alpha value is -2.00. The molecule has 0 saturated heterocycles. The quantitative estimate of drug-likeness (QED) is 0.589. The highest BCUT2D eigenvalue weighted by Gasteiger charge is 2.20. The van der Waals surface area contributed by atoms with Crippen LogP contribution in [0.25, 0.3) is 0 Å². The van der Waals surface area contributed by atoms with E-state index in [-0.39, 0.29) is 17.8 Å². The van der Waals surface area contributed by atoms with Crippen molar-refractivity contribution in [3.63, 3.8) is 0 Å². The average molecular weight is 347 g/mol. The number of carboxylic acid groups (broad SMARTS) is 1. The predicted octanol–water partition coefficient (Wildman–Crippen LogP) is 1.19. The van der Waals surface area contributed by atoms with Crippen LogP contribution in [0.4, 0.5) is 5.69 Å². The van der Waals surface area contributed by atoms with Crippen LogP contribution in [0, 0.1) is 10.1 Å². The molecule has 1 amide bonds. The van der Waals surface area contributed by atoms with Crippen LogP contribution < -0.4 is 5.32 Å². The highest BCUT2D eigenvalue weighted by atomic mass is 79.9. The van der Waals surface area contributed by atoms with Crippen LogP contribution in [-0.4, -0.2) is 41.7 Å². The molecule has 0 fully saturated rings. The van der Waals surface area contributed by atoms with E-state index in [0.29, 0.717) is 4.47 Å². The van der Waals surface area contributed by atoms with Crippen LogP contribution in [-0.2, 0) is 9.53 Å². The van der Waals surface area contributed by atoms with Crippen molar-refractivity contribution < 1.29 is 24.4 Å². The smallest absolute Gasteiger partial charge is 0.334 e. The van der Waals surface area contributed by atoms with E-state index >= 15 is 0 Å². The summed E-state index contributed by atoms with van der Waals surface area (Å²) in [6.07, 6.45) is -1.18. The summed E-state index contributed by atoms with van der Waals surface area (Å²) < 4.78 is 5.02. The van der Waals surface area contributed by atoms with E-state index in [2.05, 4.69) is 26.0 Å². The van der Waals surface area contributed by atoms with Gasteiger partial charge in [-0.15, -0.1) is 0 Å². The van der Waals surface area contributed by atoms with Gasteiger partial charge in [0.15, 0.2) is 6.10 Å². The lowest BCUT2D eigenvalue weighted by Crippen LogP contribution is -2.37. The van der Waals surface area contributed by atoms with Crippen molar-refractivity contribution in [2.45, 2.75) is 6.10 Å². The number of hydrogen-bond donors (Lipinski definition) is 2. The number of carbonyl (C=O) groups excluding carboxylic acids is 1. The summed E-state index contributed by atoms with van der Waals surface area (Å²) in [6, 6.07) is 3.72. The van der Waals surface area contributed by atoms with Gasteiger partial charge in [-0.05, 0) is 22.0 Å². The molecule has 8 nitrogen and oxygen atoms in total. The Bertz CT molecular complexity index is 548. The first kappa shape index (κ1) is 16.1. The molecule has 1 aromatic rings. The largest absolute Gasteiger partial charge is 0.479 e. The highest BCUT2D eigenvalue weighted by Crippen LogP contribution is 2.22. The highest BCUT2D eigenvalue weighted by molar-refractivity contribution is 9.10. The first-order valence-corrected chi connectivity index (χ1v) is 6.14. The standard InChI is InChI=1S/C11H11BrN2O6/c1-20-9(11(16)17)5-13-10(15)7-4-6(14(18)19)2-3-8(7)12/h2-4,9H,5H2,1H3,(H,13,15)(H,16,17). The second-order valence-corrected chi connectivity index (χ2v) is 4.55. The van der Waals surface area contributed by atoms with Gasteiger partial charge in [0, 0.05) is 23.7 Å². The maximum absolute atomic E-state index is 11.9. The van der Waals surface area contributed by atoms with Crippen molar-refractivity contribution in [1.82, 2.24) is 5.32 Å². The number of nitrogens with one attached hydrogen (secondary N) is 1. The Morgan fingerprint density at radius 3 is 2.70 bits per heavy atom. The number of carboxylic acids is 1. The van der Waals surface area contributed by atoms with Gasteiger partial charge < -0.3 is 15.2 Å². The van der Waals surface area contributed by atoms with Gasteiger partial charge in [0.05, 0.1) is 17.0 Å². The second-order valence-electron chi connectivity index (χ2n) is 3.69. The molecule has 0 radical (unpaired) electrons. The number of carbonyl (C=O) groups is 2. The number of ether oxygens (including phenoxy) is 1. The summed E-state index contributed by atoms with van der Waals surface area (Å²) in [5.74, 6) is -1.85. The van der Waals surface area contributed by atoms with Crippen LogP contribution in [0.5, 0.6) is 0 Å². The van der Waals surface area contributed by atoms with Crippen LogP contribution in [0.3, 0.4) is 0 Å². The molecule has 108 valence electrons. The van der Waals surface area contributed by atoms with Crippen molar-refractivity contribution in [2.75, 3.05) is 13.7 Å². The zero-order valence-corrected chi connectivity index (χ0v) is 11.9. The number of hydrogen-bond acceptors (Lipinski definition) is 5. The Balaban J connectivity index is 2.84. The minimum Gasteiger partial charge on any atom is -0.479 e. The number of non-ortho nitro benzene ring substituents is 1. The van der Waals surface area contributed by atoms with Crippen LogP contribution >= 0.6 is 15.9 Å². The monoisotopic (exact) mass is 346 g/mol. The average Bonchev–Trinajstić information content (AvgIpc) is 2.38. The molecule has 1 rings (SSSR count). The zero-order chi connectivity index (χ0) is 15.3. The lowest BCUT2D eigenvalue weighted by molar-refractivity contribution is -0.384. The second kappa shape index (κ2) is 6.96. The Morgan fingerprint density at radius 1 is 1.55 bits per heavy atom. The minimum atomic E-state index is -1.22. The van der Waals surface area contributed by atoms with Crippen LogP contribution in [0.1, 0.15) is 10.4 Å². The molecule has 1 unspecified atom stereocenters. The molecule has 0 bridgehead atoms. The first-order chi connectivity index (χ1) is 9.36. The topological polar surface area (TPSA) is 119 Å². The van der Waals surface area contributed by atoms with Gasteiger partial charge in [-0.2, -0.15) is 0 Å². The van der Waals surface area contributed by atoms with E-state index in [1.807, 2.05) is 0 Å². The predicted molar refractivity (Wildman–Crippen MR) is 71.6 cm³/mol. The van der Waals surface area contributed by atoms with Gasteiger partial charge in [0.1, 0.15) is 0 Å². The number of aliphatic carboxylic acids is 1. The number of methoxy groups -OCH3 is 1. The van der Waals surface area contributed by atoms with Crippen molar-refractivity contribution in [3.8, 4) is 0 Å². The summed E-state index contributed by atoms with van der Waals surface area (Å²) in [5.41, 5.74) is -0.195. The van der Waals surface area contributed by atoms with Crippen LogP contribution in [0.2, 0.25) is 0 Å². The number of halogens is 1. The molecule has 0 aliphatic carbocycles. The summed E-state index contributed by atoms with van der Waals surface area (Å²) in [7, 11) is 1.20. The van der Waals surface area contributed by atoms with Gasteiger partial charge >= 0.3 is 5.97 Å². The van der Waals surface area contributed by atoms with E-state index in [4.69, 9.17) is 5.11 Å². The van der Waals surface area contributed by atoms with Crippen molar-refractivity contribution in [1.29, 1.82) is 0 Å².